The van der Waals surface area contributed by atoms with Gasteiger partial charge >= 0.3 is 0 Å². The molecule has 15 rings (SSSR count). The van der Waals surface area contributed by atoms with Gasteiger partial charge in [-0.2, -0.15) is 0 Å². The van der Waals surface area contributed by atoms with Gasteiger partial charge in [0.15, 0.2) is 0 Å². The second-order valence-electron chi connectivity index (χ2n) is 19.1. The van der Waals surface area contributed by atoms with Crippen LogP contribution in [-0.4, -0.2) is 0 Å². The summed E-state index contributed by atoms with van der Waals surface area (Å²) in [7, 11) is 0. The highest BCUT2D eigenvalue weighted by Crippen LogP contribution is 2.55. The molecule has 0 saturated carbocycles. The summed E-state index contributed by atoms with van der Waals surface area (Å²) in [5, 5.41) is 8.69. The maximum absolute atomic E-state index is 6.91. The number of para-hydroxylation sites is 6. The molecule has 3 aromatic heterocycles. The lowest BCUT2D eigenvalue weighted by molar-refractivity contribution is 0.668. The summed E-state index contributed by atoms with van der Waals surface area (Å²) in [5.74, 6) is 0. The van der Waals surface area contributed by atoms with E-state index < -0.39 is 0 Å². The van der Waals surface area contributed by atoms with Crippen LogP contribution in [0.15, 0.2) is 280 Å². The van der Waals surface area contributed by atoms with Gasteiger partial charge in [-0.3, -0.25) is 0 Å². The smallest absolute Gasteiger partial charge is 0.143 e. The predicted molar refractivity (Wildman–Crippen MR) is 311 cm³/mol. The molecule has 352 valence electrons. The lowest BCUT2D eigenvalue weighted by Gasteiger charge is -2.34. The van der Waals surface area contributed by atoms with Crippen molar-refractivity contribution in [3.05, 3.63) is 267 Å². The topological polar surface area (TPSA) is 45.9 Å². The molecule has 0 bridgehead atoms. The van der Waals surface area contributed by atoms with Crippen molar-refractivity contribution in [1.29, 1.82) is 0 Å². The molecule has 0 atom stereocenters. The second-order valence-corrected chi connectivity index (χ2v) is 19.1. The molecule has 0 N–H and O–H groups in total. The zero-order valence-electron chi connectivity index (χ0n) is 40.5. The quantitative estimate of drug-likeness (QED) is 0.144. The average Bonchev–Trinajstić information content (AvgIpc) is 4.18. The van der Waals surface area contributed by atoms with Crippen LogP contribution >= 0.6 is 0 Å². The van der Waals surface area contributed by atoms with Gasteiger partial charge in [-0.15, -0.1) is 0 Å². The predicted octanol–water partition coefficient (Wildman–Crippen LogP) is 20.5. The monoisotopic (exact) mass is 960 g/mol. The van der Waals surface area contributed by atoms with E-state index in [1.54, 1.807) is 0 Å². The zero-order valence-corrected chi connectivity index (χ0v) is 40.5. The Labute approximate surface area is 432 Å². The lowest BCUT2D eigenvalue weighted by atomic mass is 9.90. The van der Waals surface area contributed by atoms with Gasteiger partial charge in [0, 0.05) is 55.1 Å². The summed E-state index contributed by atoms with van der Waals surface area (Å²) < 4.78 is 20.3. The molecule has 0 aliphatic carbocycles. The number of anilines is 6. The second kappa shape index (κ2) is 17.3. The number of hydrogen-bond acceptors (Lipinski definition) is 5. The first-order chi connectivity index (χ1) is 37.2. The van der Waals surface area contributed by atoms with Crippen molar-refractivity contribution in [2.75, 3.05) is 9.80 Å². The highest BCUT2D eigenvalue weighted by atomic mass is 16.3. The van der Waals surface area contributed by atoms with E-state index in [-0.39, 0.29) is 0 Å². The van der Waals surface area contributed by atoms with Gasteiger partial charge < -0.3 is 23.1 Å². The third kappa shape index (κ3) is 7.01. The number of fused-ring (bicyclic) bond motifs is 10. The van der Waals surface area contributed by atoms with Crippen LogP contribution in [0, 0.1) is 0 Å². The summed E-state index contributed by atoms with van der Waals surface area (Å²) in [6, 6.07) is 94.9. The van der Waals surface area contributed by atoms with E-state index in [9.17, 15) is 0 Å². The number of benzene rings is 12. The molecule has 5 heteroatoms. The normalized spacial score (nSPS) is 11.7. The maximum atomic E-state index is 6.91. The minimum atomic E-state index is 0.806. The van der Waals surface area contributed by atoms with E-state index in [0.29, 0.717) is 0 Å². The van der Waals surface area contributed by atoms with E-state index in [4.69, 9.17) is 13.3 Å². The van der Waals surface area contributed by atoms with Gasteiger partial charge in [-0.25, -0.2) is 0 Å². The van der Waals surface area contributed by atoms with Gasteiger partial charge in [0.25, 0.3) is 0 Å². The summed E-state index contributed by atoms with van der Waals surface area (Å²) in [5.41, 5.74) is 17.1. The Kier molecular flexibility index (Phi) is 9.82. The van der Waals surface area contributed by atoms with Gasteiger partial charge in [-0.1, -0.05) is 176 Å². The molecule has 0 unspecified atom stereocenters. The molecule has 0 amide bonds. The number of hydrogen-bond donors (Lipinski definition) is 0. The first-order valence-corrected chi connectivity index (χ1v) is 25.4. The molecule has 0 fully saturated rings. The maximum Gasteiger partial charge on any atom is 0.143 e. The molecule has 12 aromatic carbocycles. The first kappa shape index (κ1) is 42.6. The molecule has 5 nitrogen and oxygen atoms in total. The Morgan fingerprint density at radius 1 is 0.253 bits per heavy atom. The molecule has 0 aliphatic heterocycles. The van der Waals surface area contributed by atoms with Crippen molar-refractivity contribution in [2.45, 2.75) is 0 Å². The van der Waals surface area contributed by atoms with Gasteiger partial charge in [0.05, 0.1) is 22.4 Å². The fourth-order valence-corrected chi connectivity index (χ4v) is 11.5. The van der Waals surface area contributed by atoms with Crippen LogP contribution in [0.1, 0.15) is 0 Å². The van der Waals surface area contributed by atoms with Crippen molar-refractivity contribution < 1.29 is 13.3 Å². The van der Waals surface area contributed by atoms with Crippen LogP contribution in [0.25, 0.3) is 110 Å². The SMILES string of the molecule is c1ccc(N(c2ccc(-c3ccc4ccccc4c3)cc2)c2cc(-c3cccc4c3oc3ccccc34)cc(N(c3ccccc3)c3cccc4oc5ccccc5c34)c2-c2cccc3oc4ccccc4c23)cc1. The van der Waals surface area contributed by atoms with Crippen molar-refractivity contribution in [3.63, 3.8) is 0 Å². The lowest BCUT2D eigenvalue weighted by Crippen LogP contribution is -2.16. The molecule has 0 aliphatic rings. The van der Waals surface area contributed by atoms with E-state index in [1.807, 2.05) is 18.2 Å². The van der Waals surface area contributed by atoms with Crippen LogP contribution in [0.2, 0.25) is 0 Å². The van der Waals surface area contributed by atoms with Gasteiger partial charge in [-0.05, 0) is 124 Å². The fourth-order valence-electron chi connectivity index (χ4n) is 11.5. The Balaban J connectivity index is 1.10. The highest BCUT2D eigenvalue weighted by molar-refractivity contribution is 6.19. The Hall–Kier alpha value is -10.1. The van der Waals surface area contributed by atoms with Crippen LogP contribution in [0.3, 0.4) is 0 Å². The molecule has 3 heterocycles. The van der Waals surface area contributed by atoms with E-state index in [1.165, 1.54) is 10.8 Å². The van der Waals surface area contributed by atoms with Crippen LogP contribution in [0.4, 0.5) is 34.1 Å². The Bertz CT molecular complexity index is 4660. The first-order valence-electron chi connectivity index (χ1n) is 25.4. The van der Waals surface area contributed by atoms with E-state index in [0.717, 1.165) is 133 Å². The molecule has 0 spiro atoms. The van der Waals surface area contributed by atoms with Crippen molar-refractivity contribution >= 4 is 111 Å². The van der Waals surface area contributed by atoms with Gasteiger partial charge in [0.1, 0.15) is 33.5 Å². The average molecular weight is 961 g/mol. The highest BCUT2D eigenvalue weighted by Gasteiger charge is 2.30. The summed E-state index contributed by atoms with van der Waals surface area (Å²) >= 11 is 0. The third-order valence-corrected chi connectivity index (χ3v) is 14.8. The third-order valence-electron chi connectivity index (χ3n) is 14.8. The van der Waals surface area contributed by atoms with Crippen molar-refractivity contribution in [1.82, 2.24) is 0 Å². The fraction of sp³-hybridized carbons (Fsp3) is 0. The molecular formula is C70H44N2O3. The molecule has 15 aromatic rings. The number of rotatable bonds is 9. The van der Waals surface area contributed by atoms with E-state index in [2.05, 4.69) is 259 Å². The summed E-state index contributed by atoms with van der Waals surface area (Å²) in [6.07, 6.45) is 0. The van der Waals surface area contributed by atoms with Crippen molar-refractivity contribution in [2.24, 2.45) is 0 Å². The number of nitrogens with zero attached hydrogens (tertiary/aromatic N) is 2. The zero-order chi connectivity index (χ0) is 49.4. The summed E-state index contributed by atoms with van der Waals surface area (Å²) in [4.78, 5) is 4.85. The standard InChI is InChI=1S/C70H44N2O3/c1-3-20-50(21-4-1)71(52-40-38-46(39-41-52)48-37-36-45-18-7-8-19-47(45)42-48)60-43-49(53-27-15-28-55-54-24-9-12-31-62(54)75-70(53)55)44-61(68(60)58-29-16-34-65-67(58)56-25-10-13-32-63(56)73-65)72(51-22-5-2-6-23-51)59-30-17-35-66-69(59)57-26-11-14-33-64(57)74-66/h1-44H. The minimum absolute atomic E-state index is 0.806. The van der Waals surface area contributed by atoms with Crippen LogP contribution in [0.5, 0.6) is 0 Å². The molecular weight excluding hydrogens is 917 g/mol. The van der Waals surface area contributed by atoms with Crippen LogP contribution < -0.4 is 9.80 Å². The molecule has 75 heavy (non-hydrogen) atoms. The number of furan rings is 3. The van der Waals surface area contributed by atoms with Gasteiger partial charge in [0.2, 0.25) is 0 Å². The largest absolute Gasteiger partial charge is 0.456 e. The molecule has 0 radical (unpaired) electrons. The van der Waals surface area contributed by atoms with Crippen molar-refractivity contribution in [3.8, 4) is 33.4 Å². The van der Waals surface area contributed by atoms with Crippen LogP contribution in [-0.2, 0) is 0 Å². The van der Waals surface area contributed by atoms with E-state index >= 15 is 0 Å². The Morgan fingerprint density at radius 3 is 1.47 bits per heavy atom. The Morgan fingerprint density at radius 2 is 0.747 bits per heavy atom. The summed E-state index contributed by atoms with van der Waals surface area (Å²) in [6.45, 7) is 0. The molecule has 0 saturated heterocycles. The minimum Gasteiger partial charge on any atom is -0.456 e.